The van der Waals surface area contributed by atoms with Crippen LogP contribution < -0.4 is 5.73 Å². The van der Waals surface area contributed by atoms with Gasteiger partial charge in [0.2, 0.25) is 5.82 Å². The monoisotopic (exact) mass is 359 g/mol. The van der Waals surface area contributed by atoms with Gasteiger partial charge in [-0.15, -0.1) is 16.4 Å². The van der Waals surface area contributed by atoms with Crippen LogP contribution in [0.25, 0.3) is 0 Å². The van der Waals surface area contributed by atoms with Crippen molar-refractivity contribution in [1.29, 1.82) is 0 Å². The van der Waals surface area contributed by atoms with Crippen LogP contribution in [-0.4, -0.2) is 38.7 Å². The van der Waals surface area contributed by atoms with E-state index in [1.165, 1.54) is 12.4 Å². The fourth-order valence-corrected chi connectivity index (χ4v) is 3.59. The van der Waals surface area contributed by atoms with E-state index in [2.05, 4.69) is 15.0 Å². The number of alkyl halides is 3. The summed E-state index contributed by atoms with van der Waals surface area (Å²) in [6.07, 6.45) is -1.05. The fourth-order valence-electron chi connectivity index (χ4n) is 2.82. The van der Waals surface area contributed by atoms with E-state index in [0.717, 1.165) is 30.7 Å². The predicted octanol–water partition coefficient (Wildman–Crippen LogP) is 2.29. The minimum absolute atomic E-state index is 0.0278. The third kappa shape index (κ3) is 3.75. The van der Waals surface area contributed by atoms with Gasteiger partial charge in [-0.1, -0.05) is 0 Å². The molecule has 24 heavy (non-hydrogen) atoms. The number of amides is 1. The largest absolute Gasteiger partial charge is 0.425 e. The number of primary amides is 1. The number of piperidine rings is 1. The van der Waals surface area contributed by atoms with Crippen LogP contribution in [0.5, 0.6) is 0 Å². The molecular formula is C14H16F3N5OS. The zero-order valence-electron chi connectivity index (χ0n) is 12.7. The van der Waals surface area contributed by atoms with Crippen molar-refractivity contribution in [1.82, 2.24) is 19.7 Å². The second kappa shape index (κ2) is 6.52. The van der Waals surface area contributed by atoms with Crippen LogP contribution in [-0.2, 0) is 12.7 Å². The van der Waals surface area contributed by atoms with Crippen LogP contribution in [0.3, 0.4) is 0 Å². The highest BCUT2D eigenvalue weighted by molar-refractivity contribution is 7.10. The summed E-state index contributed by atoms with van der Waals surface area (Å²) in [5.74, 6) is -0.709. The van der Waals surface area contributed by atoms with Crippen LogP contribution in [0.15, 0.2) is 17.8 Å². The van der Waals surface area contributed by atoms with Crippen LogP contribution in [0.4, 0.5) is 13.2 Å². The first-order valence-electron chi connectivity index (χ1n) is 7.41. The van der Waals surface area contributed by atoms with Gasteiger partial charge in [0.1, 0.15) is 11.2 Å². The molecule has 0 aromatic carbocycles. The van der Waals surface area contributed by atoms with E-state index >= 15 is 0 Å². The molecule has 0 saturated carbocycles. The van der Waals surface area contributed by atoms with Crippen LogP contribution >= 0.6 is 11.3 Å². The molecule has 130 valence electrons. The summed E-state index contributed by atoms with van der Waals surface area (Å²) in [5.41, 5.74) is 5.80. The Kier molecular flexibility index (Phi) is 4.59. The number of hydrogen-bond acceptors (Lipinski definition) is 5. The summed E-state index contributed by atoms with van der Waals surface area (Å²) in [6, 6.07) is 1.23. The van der Waals surface area contributed by atoms with Gasteiger partial charge in [-0.3, -0.25) is 9.69 Å². The number of rotatable bonds is 4. The molecule has 1 saturated heterocycles. The smallest absolute Gasteiger partial charge is 0.363 e. The molecule has 0 aliphatic carbocycles. The molecule has 1 amide bonds. The molecule has 2 N–H and O–H groups in total. The molecule has 1 unspecified atom stereocenters. The number of hydrogen-bond donors (Lipinski definition) is 1. The minimum Gasteiger partial charge on any atom is -0.363 e. The molecule has 0 spiro atoms. The molecule has 2 aromatic heterocycles. The van der Waals surface area contributed by atoms with Gasteiger partial charge in [0.25, 0.3) is 5.91 Å². The molecule has 6 nitrogen and oxygen atoms in total. The maximum Gasteiger partial charge on any atom is 0.425 e. The first-order chi connectivity index (χ1) is 11.3. The minimum atomic E-state index is -4.29. The summed E-state index contributed by atoms with van der Waals surface area (Å²) >= 11 is 0.718. The van der Waals surface area contributed by atoms with E-state index in [4.69, 9.17) is 5.73 Å². The summed E-state index contributed by atoms with van der Waals surface area (Å²) in [4.78, 5) is 16.4. The molecular weight excluding hydrogens is 343 g/mol. The summed E-state index contributed by atoms with van der Waals surface area (Å²) in [7, 11) is 0. The van der Waals surface area contributed by atoms with Crippen molar-refractivity contribution >= 4 is 17.2 Å². The first-order valence-corrected chi connectivity index (χ1v) is 8.29. The number of carbonyl (C=O) groups is 1. The third-order valence-corrected chi connectivity index (χ3v) is 4.95. The number of aromatic nitrogens is 3. The van der Waals surface area contributed by atoms with E-state index in [1.54, 1.807) is 10.1 Å². The fraction of sp³-hybridized carbons (Fsp3) is 0.500. The van der Waals surface area contributed by atoms with Crippen molar-refractivity contribution in [3.05, 3.63) is 34.0 Å². The van der Waals surface area contributed by atoms with E-state index in [1.807, 2.05) is 0 Å². The Morgan fingerprint density at radius 3 is 2.88 bits per heavy atom. The summed E-state index contributed by atoms with van der Waals surface area (Å²) in [5, 5.41) is 5.62. The van der Waals surface area contributed by atoms with Crippen molar-refractivity contribution < 1.29 is 18.0 Å². The Hall–Kier alpha value is -1.94. The second-order valence-corrected chi connectivity index (χ2v) is 6.67. The third-order valence-electron chi connectivity index (χ3n) is 3.92. The standard InChI is InChI=1S/C14H16F3N5OS/c15-14(16,17)11-4-9(7-24-11)5-21-3-1-2-10(6-21)22-8-19-13(20-22)12(18)23/h4,7-8,10H,1-3,5-6H2,(H2,18,23). The number of likely N-dealkylation sites (tertiary alicyclic amines) is 1. The normalized spacial score (nSPS) is 19.5. The van der Waals surface area contributed by atoms with Crippen LogP contribution in [0.1, 0.15) is 39.9 Å². The Bertz CT molecular complexity index is 726. The lowest BCUT2D eigenvalue weighted by molar-refractivity contribution is -0.134. The Morgan fingerprint density at radius 2 is 2.25 bits per heavy atom. The SMILES string of the molecule is NC(=O)c1ncn(C2CCCN(Cc3csc(C(F)(F)F)c3)C2)n1. The molecule has 1 atom stereocenters. The lowest BCUT2D eigenvalue weighted by Gasteiger charge is -2.32. The van der Waals surface area contributed by atoms with Gasteiger partial charge < -0.3 is 5.73 Å². The highest BCUT2D eigenvalue weighted by Gasteiger charge is 2.32. The molecule has 3 rings (SSSR count). The zero-order chi connectivity index (χ0) is 17.3. The highest BCUT2D eigenvalue weighted by Crippen LogP contribution is 2.34. The highest BCUT2D eigenvalue weighted by atomic mass is 32.1. The van der Waals surface area contributed by atoms with Gasteiger partial charge in [-0.25, -0.2) is 9.67 Å². The Balaban J connectivity index is 1.65. The molecule has 3 heterocycles. The van der Waals surface area contributed by atoms with Crippen molar-refractivity contribution in [2.24, 2.45) is 5.73 Å². The van der Waals surface area contributed by atoms with Crippen molar-refractivity contribution in [2.75, 3.05) is 13.1 Å². The molecule has 1 aliphatic heterocycles. The number of nitrogens with zero attached hydrogens (tertiary/aromatic N) is 4. The van der Waals surface area contributed by atoms with Crippen molar-refractivity contribution in [2.45, 2.75) is 31.6 Å². The number of halogens is 3. The number of thiophene rings is 1. The lowest BCUT2D eigenvalue weighted by Crippen LogP contribution is -2.36. The number of carbonyl (C=O) groups excluding carboxylic acids is 1. The predicted molar refractivity (Wildman–Crippen MR) is 81.4 cm³/mol. The Morgan fingerprint density at radius 1 is 1.46 bits per heavy atom. The molecule has 0 bridgehead atoms. The zero-order valence-corrected chi connectivity index (χ0v) is 13.5. The van der Waals surface area contributed by atoms with Gasteiger partial charge >= 0.3 is 6.18 Å². The lowest BCUT2D eigenvalue weighted by atomic mass is 10.1. The van der Waals surface area contributed by atoms with E-state index in [9.17, 15) is 18.0 Å². The van der Waals surface area contributed by atoms with Crippen molar-refractivity contribution in [3.8, 4) is 0 Å². The van der Waals surface area contributed by atoms with Crippen LogP contribution in [0.2, 0.25) is 0 Å². The van der Waals surface area contributed by atoms with E-state index < -0.39 is 17.0 Å². The number of nitrogens with two attached hydrogens (primary N) is 1. The van der Waals surface area contributed by atoms with Crippen molar-refractivity contribution in [3.63, 3.8) is 0 Å². The van der Waals surface area contributed by atoms with Gasteiger partial charge in [-0.2, -0.15) is 13.2 Å². The summed E-state index contributed by atoms with van der Waals surface area (Å²) in [6.45, 7) is 1.91. The van der Waals surface area contributed by atoms with Gasteiger partial charge in [-0.05, 0) is 36.4 Å². The van der Waals surface area contributed by atoms with Gasteiger partial charge in [0, 0.05) is 13.1 Å². The average Bonchev–Trinajstić information content (AvgIpc) is 3.16. The van der Waals surface area contributed by atoms with E-state index in [0.29, 0.717) is 18.7 Å². The topological polar surface area (TPSA) is 77.0 Å². The maximum atomic E-state index is 12.7. The van der Waals surface area contributed by atoms with Gasteiger partial charge in [0.15, 0.2) is 0 Å². The maximum absolute atomic E-state index is 12.7. The second-order valence-electron chi connectivity index (χ2n) is 5.76. The molecule has 10 heteroatoms. The quantitative estimate of drug-likeness (QED) is 0.909. The molecule has 1 aliphatic rings. The first kappa shape index (κ1) is 16.9. The van der Waals surface area contributed by atoms with Gasteiger partial charge in [0.05, 0.1) is 6.04 Å². The molecule has 1 fully saturated rings. The molecule has 2 aromatic rings. The van der Waals surface area contributed by atoms with E-state index in [-0.39, 0.29) is 11.9 Å². The van der Waals surface area contributed by atoms with Crippen LogP contribution in [0, 0.1) is 0 Å². The Labute approximate surface area is 140 Å². The molecule has 0 radical (unpaired) electrons. The average molecular weight is 359 g/mol. The summed E-state index contributed by atoms with van der Waals surface area (Å²) < 4.78 is 39.6.